The molecule has 4 saturated carbocycles. The highest BCUT2D eigenvalue weighted by atomic mass is 16.6. The molecule has 4 rings (SSSR count). The Hall–Kier alpha value is -2.12. The Morgan fingerprint density at radius 2 is 1.59 bits per heavy atom. The van der Waals surface area contributed by atoms with Crippen molar-refractivity contribution in [2.75, 3.05) is 13.7 Å². The molecular weight excluding hydrogens is 352 g/mol. The maximum Gasteiger partial charge on any atom is 0.413 e. The Kier molecular flexibility index (Phi) is 5.72. The van der Waals surface area contributed by atoms with Gasteiger partial charge in [-0.1, -0.05) is 0 Å². The highest BCUT2D eigenvalue weighted by Gasteiger charge is 2.54. The van der Waals surface area contributed by atoms with Crippen molar-refractivity contribution < 1.29 is 28.7 Å². The van der Waals surface area contributed by atoms with Crippen molar-refractivity contribution in [1.82, 2.24) is 10.6 Å². The van der Waals surface area contributed by atoms with E-state index < -0.39 is 24.1 Å². The van der Waals surface area contributed by atoms with Gasteiger partial charge >= 0.3 is 12.1 Å². The van der Waals surface area contributed by atoms with Crippen molar-refractivity contribution in [3.05, 3.63) is 0 Å². The van der Waals surface area contributed by atoms with Gasteiger partial charge in [0.2, 0.25) is 5.91 Å². The number of ether oxygens (including phenoxy) is 2. The van der Waals surface area contributed by atoms with Crippen molar-refractivity contribution >= 4 is 23.9 Å². The molecule has 0 aromatic heterocycles. The number of rotatable bonds is 6. The number of nitrogens with one attached hydrogen (secondary N) is 2. The van der Waals surface area contributed by atoms with Gasteiger partial charge in [0, 0.05) is 12.0 Å². The van der Waals surface area contributed by atoms with Crippen molar-refractivity contribution in [3.63, 3.8) is 0 Å². The van der Waals surface area contributed by atoms with Gasteiger partial charge in [-0.2, -0.15) is 0 Å². The highest BCUT2D eigenvalue weighted by Crippen LogP contribution is 2.60. The number of alkyl carbamates (subject to hydrolysis) is 1. The van der Waals surface area contributed by atoms with E-state index in [9.17, 15) is 19.2 Å². The summed E-state index contributed by atoms with van der Waals surface area (Å²) in [5.41, 5.74) is -0.244. The second-order valence-electron chi connectivity index (χ2n) is 8.32. The van der Waals surface area contributed by atoms with Gasteiger partial charge in [0.1, 0.15) is 0 Å². The van der Waals surface area contributed by atoms with Crippen molar-refractivity contribution in [2.24, 2.45) is 23.2 Å². The van der Waals surface area contributed by atoms with Gasteiger partial charge in [-0.05, 0) is 63.2 Å². The summed E-state index contributed by atoms with van der Waals surface area (Å²) in [6.45, 7) is 1.55. The summed E-state index contributed by atoms with van der Waals surface area (Å²) in [6.07, 6.45) is 4.67. The van der Waals surface area contributed by atoms with E-state index in [1.54, 1.807) is 0 Å². The van der Waals surface area contributed by atoms with Crippen LogP contribution in [0.15, 0.2) is 0 Å². The Balaban J connectivity index is 1.40. The lowest BCUT2D eigenvalue weighted by Gasteiger charge is -2.55. The molecule has 8 nitrogen and oxygen atoms in total. The smallest absolute Gasteiger partial charge is 0.413 e. The summed E-state index contributed by atoms with van der Waals surface area (Å²) >= 11 is 0. The summed E-state index contributed by atoms with van der Waals surface area (Å²) < 4.78 is 9.29. The SMILES string of the molecule is COC(=O)NC(=O)[C@@H](C)OC(=O)CCNC(=O)C12CC3CC(CC(C3)C1)C2. The molecule has 2 N–H and O–H groups in total. The van der Waals surface area contributed by atoms with Crippen LogP contribution in [0.25, 0.3) is 0 Å². The number of carbonyl (C=O) groups is 4. The molecule has 150 valence electrons. The Morgan fingerprint density at radius 1 is 1.04 bits per heavy atom. The summed E-state index contributed by atoms with van der Waals surface area (Å²) in [6, 6.07) is 0. The third kappa shape index (κ3) is 4.42. The number of hydrogen-bond donors (Lipinski definition) is 2. The first-order valence-corrected chi connectivity index (χ1v) is 9.68. The van der Waals surface area contributed by atoms with E-state index >= 15 is 0 Å². The van der Waals surface area contributed by atoms with E-state index in [-0.39, 0.29) is 24.3 Å². The quantitative estimate of drug-likeness (QED) is 0.676. The van der Waals surface area contributed by atoms with Gasteiger partial charge in [-0.15, -0.1) is 0 Å². The van der Waals surface area contributed by atoms with E-state index in [1.165, 1.54) is 26.2 Å². The van der Waals surface area contributed by atoms with E-state index in [1.807, 2.05) is 5.32 Å². The fraction of sp³-hybridized carbons (Fsp3) is 0.789. The first-order valence-electron chi connectivity index (χ1n) is 9.68. The molecule has 0 aromatic rings. The fourth-order valence-electron chi connectivity index (χ4n) is 5.42. The zero-order valence-electron chi connectivity index (χ0n) is 15.9. The number of hydrogen-bond acceptors (Lipinski definition) is 6. The predicted molar refractivity (Wildman–Crippen MR) is 94.3 cm³/mol. The van der Waals surface area contributed by atoms with E-state index in [0.29, 0.717) is 17.8 Å². The maximum atomic E-state index is 12.8. The second kappa shape index (κ2) is 7.86. The van der Waals surface area contributed by atoms with Crippen LogP contribution in [0, 0.1) is 23.2 Å². The molecule has 3 amide bonds. The lowest BCUT2D eigenvalue weighted by Crippen LogP contribution is -2.53. The van der Waals surface area contributed by atoms with Crippen LogP contribution in [-0.2, 0) is 23.9 Å². The number of amides is 3. The minimum Gasteiger partial charge on any atom is -0.453 e. The van der Waals surface area contributed by atoms with E-state index in [4.69, 9.17) is 4.74 Å². The van der Waals surface area contributed by atoms with Gasteiger partial charge < -0.3 is 14.8 Å². The Morgan fingerprint density at radius 3 is 2.11 bits per heavy atom. The third-order valence-electron chi connectivity index (χ3n) is 6.22. The molecule has 8 heteroatoms. The molecule has 0 unspecified atom stereocenters. The van der Waals surface area contributed by atoms with Crippen molar-refractivity contribution in [2.45, 2.75) is 58.0 Å². The van der Waals surface area contributed by atoms with Gasteiger partial charge in [-0.25, -0.2) is 4.79 Å². The van der Waals surface area contributed by atoms with Crippen LogP contribution in [0.4, 0.5) is 4.79 Å². The third-order valence-corrected chi connectivity index (χ3v) is 6.22. The molecule has 0 aromatic carbocycles. The fourth-order valence-corrected chi connectivity index (χ4v) is 5.42. The largest absolute Gasteiger partial charge is 0.453 e. The maximum absolute atomic E-state index is 12.8. The zero-order chi connectivity index (χ0) is 19.6. The van der Waals surface area contributed by atoms with Crippen LogP contribution in [-0.4, -0.2) is 43.6 Å². The molecule has 1 atom stereocenters. The molecule has 27 heavy (non-hydrogen) atoms. The van der Waals surface area contributed by atoms with Gasteiger partial charge in [0.05, 0.1) is 13.5 Å². The molecule has 0 heterocycles. The Bertz CT molecular complexity index is 596. The zero-order valence-corrected chi connectivity index (χ0v) is 15.9. The second-order valence-corrected chi connectivity index (χ2v) is 8.32. The molecule has 0 aliphatic heterocycles. The van der Waals surface area contributed by atoms with Gasteiger partial charge in [0.15, 0.2) is 6.10 Å². The molecule has 4 bridgehead atoms. The molecular formula is C19H28N2O6. The van der Waals surface area contributed by atoms with Crippen LogP contribution in [0.3, 0.4) is 0 Å². The van der Waals surface area contributed by atoms with E-state index in [2.05, 4.69) is 10.1 Å². The number of esters is 1. The summed E-state index contributed by atoms with van der Waals surface area (Å²) in [5, 5.41) is 4.84. The normalized spacial score (nSPS) is 31.7. The number of methoxy groups -OCH3 is 1. The molecule has 4 aliphatic rings. The molecule has 0 radical (unpaired) electrons. The first kappa shape index (κ1) is 19.6. The van der Waals surface area contributed by atoms with E-state index in [0.717, 1.165) is 26.4 Å². The monoisotopic (exact) mass is 380 g/mol. The molecule has 4 fully saturated rings. The molecule has 0 spiro atoms. The average molecular weight is 380 g/mol. The summed E-state index contributed by atoms with van der Waals surface area (Å²) in [4.78, 5) is 47.3. The standard InChI is InChI=1S/C19H28N2O6/c1-11(16(23)21-18(25)26-2)27-15(22)3-4-20-17(24)19-8-12-5-13(9-19)7-14(6-12)10-19/h11-14H,3-10H2,1-2H3,(H,20,24)(H,21,23,25)/t11-,12?,13?,14?,19?/m1/s1. The van der Waals surface area contributed by atoms with Gasteiger partial charge in [-0.3, -0.25) is 19.7 Å². The number of imide groups is 1. The van der Waals surface area contributed by atoms with Crippen molar-refractivity contribution in [3.8, 4) is 0 Å². The lowest BCUT2D eigenvalue weighted by molar-refractivity contribution is -0.154. The van der Waals surface area contributed by atoms with Crippen LogP contribution < -0.4 is 10.6 Å². The molecule has 4 aliphatic carbocycles. The summed E-state index contributed by atoms with van der Waals surface area (Å²) in [7, 11) is 1.13. The first-order chi connectivity index (χ1) is 12.8. The van der Waals surface area contributed by atoms with Crippen molar-refractivity contribution in [1.29, 1.82) is 0 Å². The lowest BCUT2D eigenvalue weighted by atomic mass is 9.49. The van der Waals surface area contributed by atoms with Crippen LogP contribution in [0.1, 0.15) is 51.9 Å². The molecule has 0 saturated heterocycles. The highest BCUT2D eigenvalue weighted by molar-refractivity contribution is 5.95. The van der Waals surface area contributed by atoms with Gasteiger partial charge in [0.25, 0.3) is 5.91 Å². The topological polar surface area (TPSA) is 111 Å². The average Bonchev–Trinajstić information content (AvgIpc) is 2.60. The summed E-state index contributed by atoms with van der Waals surface area (Å²) in [5.74, 6) is 0.746. The predicted octanol–water partition coefficient (Wildman–Crippen LogP) is 1.52. The Labute approximate surface area is 158 Å². The van der Waals surface area contributed by atoms with Crippen LogP contribution >= 0.6 is 0 Å². The minimum absolute atomic E-state index is 0.0199. The van der Waals surface area contributed by atoms with Crippen LogP contribution in [0.2, 0.25) is 0 Å². The minimum atomic E-state index is -1.12. The number of carbonyl (C=O) groups excluding carboxylic acids is 4. The van der Waals surface area contributed by atoms with Crippen LogP contribution in [0.5, 0.6) is 0 Å².